The van der Waals surface area contributed by atoms with Crippen LogP contribution in [0.5, 0.6) is 0 Å². The molecule has 0 saturated carbocycles. The molecule has 0 atom stereocenters. The normalized spacial score (nSPS) is 11.4. The van der Waals surface area contributed by atoms with Crippen LogP contribution in [0.15, 0.2) is 112 Å². The quantitative estimate of drug-likeness (QED) is 0.315. The lowest BCUT2D eigenvalue weighted by Crippen LogP contribution is -2.14. The van der Waals surface area contributed by atoms with Gasteiger partial charge in [-0.15, -0.1) is 0 Å². The molecule has 1 heterocycles. The van der Waals surface area contributed by atoms with Crippen LogP contribution in [0, 0.1) is 0 Å². The number of fused-ring (bicyclic) bond motifs is 3. The molecule has 150 valence electrons. The van der Waals surface area contributed by atoms with E-state index in [1.165, 1.54) is 0 Å². The van der Waals surface area contributed by atoms with Gasteiger partial charge in [-0.25, -0.2) is 0 Å². The summed E-state index contributed by atoms with van der Waals surface area (Å²) >= 11 is 0. The number of furan rings is 1. The molecule has 1 aromatic heterocycles. The van der Waals surface area contributed by atoms with Gasteiger partial charge >= 0.3 is 0 Å². The van der Waals surface area contributed by atoms with Crippen LogP contribution in [0.3, 0.4) is 0 Å². The highest BCUT2D eigenvalue weighted by atomic mass is 16.3. The average Bonchev–Trinajstić information content (AvgIpc) is 3.22. The molecule has 31 heavy (non-hydrogen) atoms. The molecule has 1 amide bonds. The zero-order chi connectivity index (χ0) is 21.0. The lowest BCUT2D eigenvalue weighted by atomic mass is 10.0. The molecule has 0 radical (unpaired) electrons. The Labute approximate surface area is 179 Å². The van der Waals surface area contributed by atoms with Crippen molar-refractivity contribution in [3.63, 3.8) is 0 Å². The van der Waals surface area contributed by atoms with Crippen LogP contribution in [-0.2, 0) is 11.2 Å². The van der Waals surface area contributed by atoms with Crippen LogP contribution >= 0.6 is 0 Å². The van der Waals surface area contributed by atoms with Crippen molar-refractivity contribution in [3.8, 4) is 0 Å². The Morgan fingerprint density at radius 2 is 1.48 bits per heavy atom. The summed E-state index contributed by atoms with van der Waals surface area (Å²) in [6, 6.07) is 28.9. The first kappa shape index (κ1) is 18.8. The molecule has 5 nitrogen and oxygen atoms in total. The Balaban J connectivity index is 1.30. The van der Waals surface area contributed by atoms with E-state index < -0.39 is 0 Å². The van der Waals surface area contributed by atoms with Gasteiger partial charge in [-0.2, -0.15) is 10.2 Å². The summed E-state index contributed by atoms with van der Waals surface area (Å²) < 4.78 is 5.68. The Kier molecular flexibility index (Phi) is 4.99. The lowest BCUT2D eigenvalue weighted by Gasteiger charge is -2.06. The number of hydrogen-bond donors (Lipinski definition) is 1. The van der Waals surface area contributed by atoms with Crippen molar-refractivity contribution >= 4 is 44.7 Å². The fraction of sp³-hybridized carbons (Fsp3) is 0.0385. The second kappa shape index (κ2) is 8.24. The minimum atomic E-state index is -0.103. The second-order valence-corrected chi connectivity index (χ2v) is 7.23. The first-order valence-electron chi connectivity index (χ1n) is 10.0. The molecule has 0 saturated heterocycles. The zero-order valence-electron chi connectivity index (χ0n) is 16.7. The smallest absolute Gasteiger partial charge is 0.228 e. The number of carbonyl (C=O) groups excluding carboxylic acids is 1. The maximum atomic E-state index is 12.7. The molecule has 0 aliphatic heterocycles. The van der Waals surface area contributed by atoms with Crippen molar-refractivity contribution < 1.29 is 9.21 Å². The molecular weight excluding hydrogens is 386 g/mol. The highest BCUT2D eigenvalue weighted by molar-refractivity contribution is 6.09. The van der Waals surface area contributed by atoms with E-state index in [4.69, 9.17) is 4.42 Å². The third-order valence-electron chi connectivity index (χ3n) is 5.08. The van der Waals surface area contributed by atoms with Crippen molar-refractivity contribution in [2.24, 2.45) is 10.2 Å². The highest BCUT2D eigenvalue weighted by Gasteiger charge is 2.13. The molecule has 0 spiro atoms. The summed E-state index contributed by atoms with van der Waals surface area (Å²) in [5.41, 5.74) is 3.88. The molecular formula is C26H19N3O2. The van der Waals surface area contributed by atoms with Gasteiger partial charge in [0, 0.05) is 16.6 Å². The van der Waals surface area contributed by atoms with Gasteiger partial charge in [0.1, 0.15) is 5.58 Å². The third-order valence-corrected chi connectivity index (χ3v) is 5.08. The number of anilines is 1. The maximum absolute atomic E-state index is 12.7. The lowest BCUT2D eigenvalue weighted by molar-refractivity contribution is -0.115. The molecule has 5 rings (SSSR count). The van der Waals surface area contributed by atoms with Gasteiger partial charge in [-0.3, -0.25) is 4.79 Å². The Morgan fingerprint density at radius 3 is 2.29 bits per heavy atom. The van der Waals surface area contributed by atoms with E-state index in [2.05, 4.69) is 27.7 Å². The van der Waals surface area contributed by atoms with Gasteiger partial charge < -0.3 is 9.73 Å². The van der Waals surface area contributed by atoms with Crippen LogP contribution in [0.25, 0.3) is 21.7 Å². The maximum Gasteiger partial charge on any atom is 0.228 e. The van der Waals surface area contributed by atoms with Crippen molar-refractivity contribution in [2.45, 2.75) is 6.42 Å². The van der Waals surface area contributed by atoms with E-state index in [1.807, 2.05) is 78.9 Å². The van der Waals surface area contributed by atoms with Gasteiger partial charge in [0.15, 0.2) is 0 Å². The van der Waals surface area contributed by atoms with Gasteiger partial charge in [0.05, 0.1) is 24.1 Å². The summed E-state index contributed by atoms with van der Waals surface area (Å²) in [5, 5.41) is 14.6. The van der Waals surface area contributed by atoms with E-state index in [1.54, 1.807) is 6.26 Å². The predicted octanol–water partition coefficient (Wildman–Crippen LogP) is 7.18. The average molecular weight is 405 g/mol. The van der Waals surface area contributed by atoms with Crippen LogP contribution in [0.1, 0.15) is 5.56 Å². The van der Waals surface area contributed by atoms with Gasteiger partial charge in [-0.05, 0) is 53.2 Å². The molecule has 5 heteroatoms. The number of nitrogens with zero attached hydrogens (tertiary/aromatic N) is 2. The third kappa shape index (κ3) is 4.07. The summed E-state index contributed by atoms with van der Waals surface area (Å²) in [6.07, 6.45) is 1.90. The Morgan fingerprint density at radius 1 is 0.774 bits per heavy atom. The standard InChI is InChI=1S/C26H19N3O2/c30-25(16-19-17-31-24-15-10-18-6-4-5-9-23(18)26(19)24)27-20-11-13-22(14-12-20)29-28-21-7-2-1-3-8-21/h1-15,17H,16H2,(H,27,30). The number of azo groups is 1. The van der Waals surface area contributed by atoms with Crippen LogP contribution in [0.4, 0.5) is 17.1 Å². The van der Waals surface area contributed by atoms with E-state index in [0.29, 0.717) is 11.4 Å². The highest BCUT2D eigenvalue weighted by Crippen LogP contribution is 2.30. The van der Waals surface area contributed by atoms with E-state index in [0.717, 1.165) is 33.0 Å². The molecule has 0 bridgehead atoms. The van der Waals surface area contributed by atoms with Crippen LogP contribution < -0.4 is 5.32 Å². The zero-order valence-corrected chi connectivity index (χ0v) is 16.7. The second-order valence-electron chi connectivity index (χ2n) is 7.23. The predicted molar refractivity (Wildman–Crippen MR) is 123 cm³/mol. The Hall–Kier alpha value is -4.25. The van der Waals surface area contributed by atoms with Crippen molar-refractivity contribution in [1.29, 1.82) is 0 Å². The summed E-state index contributed by atoms with van der Waals surface area (Å²) in [7, 11) is 0. The first-order valence-corrected chi connectivity index (χ1v) is 10.0. The molecule has 5 aromatic rings. The summed E-state index contributed by atoms with van der Waals surface area (Å²) in [6.45, 7) is 0. The molecule has 0 aliphatic carbocycles. The fourth-order valence-corrected chi connectivity index (χ4v) is 3.60. The number of benzene rings is 4. The molecule has 4 aromatic carbocycles. The van der Waals surface area contributed by atoms with E-state index in [9.17, 15) is 4.79 Å². The van der Waals surface area contributed by atoms with Crippen LogP contribution in [-0.4, -0.2) is 5.91 Å². The minimum Gasteiger partial charge on any atom is -0.464 e. The first-order chi connectivity index (χ1) is 15.3. The SMILES string of the molecule is O=C(Cc1coc2ccc3ccccc3c12)Nc1ccc(N=Nc2ccccc2)cc1. The molecule has 0 aliphatic rings. The van der Waals surface area contributed by atoms with Crippen LogP contribution in [0.2, 0.25) is 0 Å². The van der Waals surface area contributed by atoms with E-state index in [-0.39, 0.29) is 12.3 Å². The van der Waals surface area contributed by atoms with Gasteiger partial charge in [0.25, 0.3) is 0 Å². The molecule has 0 fully saturated rings. The minimum absolute atomic E-state index is 0.103. The molecule has 0 unspecified atom stereocenters. The molecule has 1 N–H and O–H groups in total. The van der Waals surface area contributed by atoms with E-state index >= 15 is 0 Å². The summed E-state index contributed by atoms with van der Waals surface area (Å²) in [4.78, 5) is 12.7. The van der Waals surface area contributed by atoms with Crippen molar-refractivity contribution in [2.75, 3.05) is 5.32 Å². The number of amides is 1. The largest absolute Gasteiger partial charge is 0.464 e. The Bertz CT molecular complexity index is 1390. The van der Waals surface area contributed by atoms with Gasteiger partial charge in [0.2, 0.25) is 5.91 Å². The van der Waals surface area contributed by atoms with Crippen molar-refractivity contribution in [3.05, 3.63) is 103 Å². The van der Waals surface area contributed by atoms with Crippen molar-refractivity contribution in [1.82, 2.24) is 0 Å². The number of carbonyl (C=O) groups is 1. The monoisotopic (exact) mass is 405 g/mol. The fourth-order valence-electron chi connectivity index (χ4n) is 3.60. The summed E-state index contributed by atoms with van der Waals surface area (Å²) in [5.74, 6) is -0.103. The topological polar surface area (TPSA) is 67.0 Å². The number of nitrogens with one attached hydrogen (secondary N) is 1. The van der Waals surface area contributed by atoms with Gasteiger partial charge in [-0.1, -0.05) is 48.5 Å². The number of hydrogen-bond acceptors (Lipinski definition) is 4. The number of rotatable bonds is 5.